The zero-order valence-corrected chi connectivity index (χ0v) is 13.0. The van der Waals surface area contributed by atoms with Gasteiger partial charge in [0.25, 0.3) is 0 Å². The number of fused-ring (bicyclic) bond motifs is 1. The number of para-hydroxylation sites is 1. The molecule has 0 radical (unpaired) electrons. The van der Waals surface area contributed by atoms with Crippen LogP contribution in [0.15, 0.2) is 59.1 Å². The Morgan fingerprint density at radius 1 is 1.05 bits per heavy atom. The van der Waals surface area contributed by atoms with Crippen LogP contribution in [0.1, 0.15) is 11.0 Å². The normalized spacial score (nSPS) is 12.5. The van der Waals surface area contributed by atoms with Crippen molar-refractivity contribution in [3.05, 3.63) is 63.9 Å². The molecule has 0 saturated carbocycles. The van der Waals surface area contributed by atoms with E-state index in [1.807, 2.05) is 48.5 Å². The van der Waals surface area contributed by atoms with Crippen LogP contribution in [0.25, 0.3) is 10.1 Å². The zero-order chi connectivity index (χ0) is 13.9. The summed E-state index contributed by atoms with van der Waals surface area (Å²) in [7, 11) is 0. The largest absolute Gasteiger partial charge is 0.490 e. The van der Waals surface area contributed by atoms with Gasteiger partial charge in [0.15, 0.2) is 0 Å². The first kappa shape index (κ1) is 13.6. The molecule has 0 aliphatic rings. The molecular weight excluding hydrogens is 336 g/mol. The first-order chi connectivity index (χ1) is 9.75. The fraction of sp³-hybridized carbons (Fsp3) is 0.125. The molecule has 3 rings (SSSR count). The minimum Gasteiger partial charge on any atom is -0.490 e. The molecule has 2 aromatic carbocycles. The van der Waals surface area contributed by atoms with E-state index in [9.17, 15) is 5.11 Å². The number of thiophene rings is 1. The Kier molecular flexibility index (Phi) is 4.05. The molecule has 20 heavy (non-hydrogen) atoms. The highest BCUT2D eigenvalue weighted by Crippen LogP contribution is 2.39. The molecule has 1 N–H and O–H groups in total. The molecule has 102 valence electrons. The van der Waals surface area contributed by atoms with Crippen LogP contribution >= 0.6 is 27.3 Å². The number of ether oxygens (including phenoxy) is 1. The average molecular weight is 349 g/mol. The van der Waals surface area contributed by atoms with Crippen molar-refractivity contribution in [2.24, 2.45) is 0 Å². The lowest BCUT2D eigenvalue weighted by Crippen LogP contribution is -2.08. The van der Waals surface area contributed by atoms with Crippen molar-refractivity contribution in [2.45, 2.75) is 6.10 Å². The Balaban J connectivity index is 1.79. The van der Waals surface area contributed by atoms with Gasteiger partial charge in [-0.05, 0) is 34.1 Å². The van der Waals surface area contributed by atoms with Gasteiger partial charge in [-0.2, -0.15) is 0 Å². The van der Waals surface area contributed by atoms with Crippen molar-refractivity contribution >= 4 is 37.4 Å². The summed E-state index contributed by atoms with van der Waals surface area (Å²) < 4.78 is 7.73. The second-order valence-electron chi connectivity index (χ2n) is 4.42. The van der Waals surface area contributed by atoms with E-state index >= 15 is 0 Å². The van der Waals surface area contributed by atoms with Gasteiger partial charge >= 0.3 is 0 Å². The van der Waals surface area contributed by atoms with Gasteiger partial charge in [-0.3, -0.25) is 0 Å². The molecule has 1 aromatic heterocycles. The maximum Gasteiger partial charge on any atom is 0.123 e. The second-order valence-corrected chi connectivity index (χ2v) is 6.29. The summed E-state index contributed by atoms with van der Waals surface area (Å²) in [5.41, 5.74) is 0. The van der Waals surface area contributed by atoms with Gasteiger partial charge in [-0.1, -0.05) is 36.4 Å². The zero-order valence-electron chi connectivity index (χ0n) is 10.6. The Morgan fingerprint density at radius 2 is 1.75 bits per heavy atom. The van der Waals surface area contributed by atoms with Gasteiger partial charge in [0.1, 0.15) is 18.5 Å². The molecule has 4 heteroatoms. The van der Waals surface area contributed by atoms with Gasteiger partial charge in [0, 0.05) is 14.6 Å². The smallest absolute Gasteiger partial charge is 0.123 e. The van der Waals surface area contributed by atoms with E-state index in [0.29, 0.717) is 0 Å². The lowest BCUT2D eigenvalue weighted by Gasteiger charge is -2.11. The van der Waals surface area contributed by atoms with Crippen LogP contribution in [0.3, 0.4) is 0 Å². The van der Waals surface area contributed by atoms with E-state index in [1.165, 1.54) is 0 Å². The Labute approximate surface area is 129 Å². The molecule has 0 fully saturated rings. The molecule has 0 aliphatic carbocycles. The van der Waals surface area contributed by atoms with E-state index in [1.54, 1.807) is 11.3 Å². The van der Waals surface area contributed by atoms with Crippen LogP contribution in [0.5, 0.6) is 5.75 Å². The minimum atomic E-state index is -0.637. The number of rotatable bonds is 4. The molecule has 2 nitrogen and oxygen atoms in total. The van der Waals surface area contributed by atoms with Gasteiger partial charge in [0.05, 0.1) is 4.88 Å². The third-order valence-corrected chi connectivity index (χ3v) is 5.40. The Morgan fingerprint density at radius 3 is 2.50 bits per heavy atom. The first-order valence-electron chi connectivity index (χ1n) is 6.28. The van der Waals surface area contributed by atoms with Gasteiger partial charge in [-0.15, -0.1) is 11.3 Å². The molecule has 1 unspecified atom stereocenters. The summed E-state index contributed by atoms with van der Waals surface area (Å²) in [6, 6.07) is 17.6. The van der Waals surface area contributed by atoms with Crippen LogP contribution in [0.4, 0.5) is 0 Å². The van der Waals surface area contributed by atoms with Crippen LogP contribution < -0.4 is 4.74 Å². The van der Waals surface area contributed by atoms with Crippen LogP contribution in [-0.2, 0) is 0 Å². The minimum absolute atomic E-state index is 0.245. The maximum atomic E-state index is 10.3. The van der Waals surface area contributed by atoms with E-state index in [2.05, 4.69) is 22.0 Å². The predicted octanol–water partition coefficient (Wildman–Crippen LogP) is 4.78. The quantitative estimate of drug-likeness (QED) is 0.735. The van der Waals surface area contributed by atoms with Crippen molar-refractivity contribution in [2.75, 3.05) is 6.61 Å². The number of aliphatic hydroxyl groups excluding tert-OH is 1. The average Bonchev–Trinajstić information content (AvgIpc) is 2.84. The van der Waals surface area contributed by atoms with Crippen molar-refractivity contribution in [1.82, 2.24) is 0 Å². The van der Waals surface area contributed by atoms with Crippen molar-refractivity contribution in [3.63, 3.8) is 0 Å². The fourth-order valence-corrected chi connectivity index (χ4v) is 4.07. The maximum absolute atomic E-state index is 10.3. The summed E-state index contributed by atoms with van der Waals surface area (Å²) in [6.45, 7) is 0.245. The number of benzene rings is 2. The van der Waals surface area contributed by atoms with Crippen LogP contribution in [0, 0.1) is 0 Å². The Hall–Kier alpha value is -1.36. The number of aliphatic hydroxyl groups is 1. The second kappa shape index (κ2) is 5.95. The van der Waals surface area contributed by atoms with E-state index in [-0.39, 0.29) is 6.61 Å². The summed E-state index contributed by atoms with van der Waals surface area (Å²) in [6.07, 6.45) is -0.637. The summed E-state index contributed by atoms with van der Waals surface area (Å²) in [5.74, 6) is 0.767. The molecule has 0 aliphatic heterocycles. The molecule has 0 saturated heterocycles. The van der Waals surface area contributed by atoms with E-state index in [0.717, 1.165) is 25.2 Å². The van der Waals surface area contributed by atoms with Crippen molar-refractivity contribution in [3.8, 4) is 5.75 Å². The molecule has 0 bridgehead atoms. The monoisotopic (exact) mass is 348 g/mol. The van der Waals surface area contributed by atoms with Crippen LogP contribution in [0.2, 0.25) is 0 Å². The summed E-state index contributed by atoms with van der Waals surface area (Å²) >= 11 is 5.16. The third kappa shape index (κ3) is 2.73. The third-order valence-electron chi connectivity index (χ3n) is 3.01. The lowest BCUT2D eigenvalue weighted by atomic mass is 10.2. The predicted molar refractivity (Wildman–Crippen MR) is 86.4 cm³/mol. The number of hydrogen-bond acceptors (Lipinski definition) is 3. The van der Waals surface area contributed by atoms with E-state index in [4.69, 9.17) is 4.74 Å². The molecular formula is C16H13BrO2S. The highest BCUT2D eigenvalue weighted by atomic mass is 79.9. The van der Waals surface area contributed by atoms with Gasteiger partial charge < -0.3 is 9.84 Å². The number of hydrogen-bond donors (Lipinski definition) is 1. The standard InChI is InChI=1S/C16H13BrO2S/c17-15-12-8-4-5-9-14(12)20-16(15)13(18)10-19-11-6-2-1-3-7-11/h1-9,13,18H,10H2. The fourth-order valence-electron chi connectivity index (χ4n) is 2.01. The van der Waals surface area contributed by atoms with Crippen LogP contribution in [-0.4, -0.2) is 11.7 Å². The molecule has 0 amide bonds. The molecule has 1 atom stereocenters. The molecule has 3 aromatic rings. The number of halogens is 1. The lowest BCUT2D eigenvalue weighted by molar-refractivity contribution is 0.110. The molecule has 1 heterocycles. The highest BCUT2D eigenvalue weighted by Gasteiger charge is 2.17. The van der Waals surface area contributed by atoms with Crippen molar-refractivity contribution < 1.29 is 9.84 Å². The summed E-state index contributed by atoms with van der Waals surface area (Å²) in [4.78, 5) is 0.905. The summed E-state index contributed by atoms with van der Waals surface area (Å²) in [5, 5.41) is 11.4. The Bertz CT molecular complexity index is 709. The SMILES string of the molecule is OC(COc1ccccc1)c1sc2ccccc2c1Br. The topological polar surface area (TPSA) is 29.5 Å². The van der Waals surface area contributed by atoms with Gasteiger partial charge in [-0.25, -0.2) is 0 Å². The van der Waals surface area contributed by atoms with Gasteiger partial charge in [0.2, 0.25) is 0 Å². The highest BCUT2D eigenvalue weighted by molar-refractivity contribution is 9.10. The molecule has 0 spiro atoms. The van der Waals surface area contributed by atoms with E-state index < -0.39 is 6.10 Å². The first-order valence-corrected chi connectivity index (χ1v) is 7.89. The van der Waals surface area contributed by atoms with Crippen molar-refractivity contribution in [1.29, 1.82) is 0 Å².